The van der Waals surface area contributed by atoms with Gasteiger partial charge in [-0.25, -0.2) is 0 Å². The van der Waals surface area contributed by atoms with Crippen LogP contribution >= 0.6 is 0 Å². The number of hydrogen-bond acceptors (Lipinski definition) is 2. The number of fused-ring (bicyclic) bond motifs is 4. The summed E-state index contributed by atoms with van der Waals surface area (Å²) in [5.41, 5.74) is 32.1. The van der Waals surface area contributed by atoms with Crippen molar-refractivity contribution >= 4 is 57.2 Å². The summed E-state index contributed by atoms with van der Waals surface area (Å²) < 4.78 is 0. The minimum atomic E-state index is -0.206. The molecule has 0 radical (unpaired) electrons. The Bertz CT molecular complexity index is 4370. The zero-order valence-electron chi connectivity index (χ0n) is 55.0. The van der Waals surface area contributed by atoms with Crippen LogP contribution in [-0.4, -0.2) is 6.71 Å². The zero-order chi connectivity index (χ0) is 63.1. The monoisotopic (exact) mass is 1180 g/mol. The summed E-state index contributed by atoms with van der Waals surface area (Å²) in [6.07, 6.45) is 0. The molecule has 2 heterocycles. The van der Waals surface area contributed by atoms with Crippen molar-refractivity contribution in [2.75, 3.05) is 9.80 Å². The van der Waals surface area contributed by atoms with Crippen LogP contribution in [-0.2, 0) is 21.7 Å². The van der Waals surface area contributed by atoms with Crippen molar-refractivity contribution in [3.63, 3.8) is 0 Å². The third-order valence-electron chi connectivity index (χ3n) is 19.1. The van der Waals surface area contributed by atoms with E-state index in [1.54, 1.807) is 0 Å². The molecule has 12 aromatic rings. The van der Waals surface area contributed by atoms with Crippen molar-refractivity contribution < 1.29 is 0 Å². The summed E-state index contributed by atoms with van der Waals surface area (Å²) in [5, 5.41) is 0. The van der Waals surface area contributed by atoms with Gasteiger partial charge in [0.2, 0.25) is 0 Å². The predicted octanol–water partition coefficient (Wildman–Crippen LogP) is 22.6. The highest BCUT2D eigenvalue weighted by atomic mass is 15.2. The van der Waals surface area contributed by atoms with Gasteiger partial charge < -0.3 is 9.80 Å². The Balaban J connectivity index is 1.17. The SMILES string of the molecule is CC(C)(C)c1cc(N2c3ccc(-c4ccccc4-c4ccccc4)cc3B3c4cc(-c5ccccc5-c5ccccc5)ccc4N(c4cc(C(C)(C)C)cc(C(C)(C)C)c4)c4cc(-c5c(-c6ccccc6)cccc5-c5ccccc5)cc2c43)cc(C(C)(C)C)c1. The molecule has 2 aliphatic rings. The van der Waals surface area contributed by atoms with E-state index >= 15 is 0 Å². The summed E-state index contributed by atoms with van der Waals surface area (Å²) in [6, 6.07) is 104. The molecule has 0 spiro atoms. The topological polar surface area (TPSA) is 6.48 Å². The van der Waals surface area contributed by atoms with E-state index in [-0.39, 0.29) is 28.4 Å². The Morgan fingerprint density at radius 1 is 0.231 bits per heavy atom. The minimum Gasteiger partial charge on any atom is -0.311 e. The van der Waals surface area contributed by atoms with E-state index in [4.69, 9.17) is 0 Å². The van der Waals surface area contributed by atoms with Crippen molar-refractivity contribution in [3.05, 3.63) is 295 Å². The van der Waals surface area contributed by atoms with Crippen molar-refractivity contribution in [1.29, 1.82) is 0 Å². The lowest BCUT2D eigenvalue weighted by Crippen LogP contribution is -2.61. The van der Waals surface area contributed by atoms with Crippen LogP contribution in [0.5, 0.6) is 0 Å². The minimum absolute atomic E-state index is 0.145. The lowest BCUT2D eigenvalue weighted by atomic mass is 9.33. The van der Waals surface area contributed by atoms with Crippen LogP contribution in [0.4, 0.5) is 34.1 Å². The van der Waals surface area contributed by atoms with Crippen LogP contribution in [0.15, 0.2) is 273 Å². The maximum Gasteiger partial charge on any atom is 0.252 e. The van der Waals surface area contributed by atoms with Gasteiger partial charge >= 0.3 is 0 Å². The van der Waals surface area contributed by atoms with Crippen LogP contribution in [0, 0.1) is 0 Å². The second kappa shape index (κ2) is 22.7. The molecule has 14 rings (SSSR count). The fourth-order valence-electron chi connectivity index (χ4n) is 14.0. The zero-order valence-corrected chi connectivity index (χ0v) is 55.0. The fraction of sp³-hybridized carbons (Fsp3) is 0.182. The number of benzene rings is 12. The Hall–Kier alpha value is -9.70. The molecule has 0 N–H and O–H groups in total. The number of hydrogen-bond donors (Lipinski definition) is 0. The fourth-order valence-corrected chi connectivity index (χ4v) is 14.0. The van der Waals surface area contributed by atoms with E-state index in [1.807, 2.05) is 0 Å². The third-order valence-corrected chi connectivity index (χ3v) is 19.1. The molecule has 12 aromatic carbocycles. The van der Waals surface area contributed by atoms with Gasteiger partial charge in [0.05, 0.1) is 0 Å². The first-order valence-electron chi connectivity index (χ1n) is 32.6. The van der Waals surface area contributed by atoms with E-state index in [9.17, 15) is 0 Å². The highest BCUT2D eigenvalue weighted by molar-refractivity contribution is 7.00. The summed E-state index contributed by atoms with van der Waals surface area (Å²) in [4.78, 5) is 5.34. The molecule has 2 aliphatic heterocycles. The van der Waals surface area contributed by atoms with Crippen molar-refractivity contribution in [2.24, 2.45) is 0 Å². The largest absolute Gasteiger partial charge is 0.311 e. The molecule has 0 atom stereocenters. The van der Waals surface area contributed by atoms with E-state index in [2.05, 4.69) is 366 Å². The molecule has 2 nitrogen and oxygen atoms in total. The quantitative estimate of drug-likeness (QED) is 0.133. The molecule has 0 fully saturated rings. The van der Waals surface area contributed by atoms with Crippen molar-refractivity contribution in [2.45, 2.75) is 105 Å². The van der Waals surface area contributed by atoms with Crippen LogP contribution in [0.2, 0.25) is 0 Å². The molecule has 3 heteroatoms. The Morgan fingerprint density at radius 3 is 0.835 bits per heavy atom. The second-order valence-electron chi connectivity index (χ2n) is 29.4. The first-order valence-corrected chi connectivity index (χ1v) is 32.6. The van der Waals surface area contributed by atoms with Gasteiger partial charge in [-0.05, 0) is 187 Å². The summed E-state index contributed by atoms with van der Waals surface area (Å²) >= 11 is 0. The van der Waals surface area contributed by atoms with Gasteiger partial charge in [0.1, 0.15) is 0 Å². The van der Waals surface area contributed by atoms with Gasteiger partial charge in [0.15, 0.2) is 0 Å². The normalized spacial score (nSPS) is 13.0. The highest BCUT2D eigenvalue weighted by Gasteiger charge is 2.45. The maximum atomic E-state index is 2.67. The predicted molar refractivity (Wildman–Crippen MR) is 393 cm³/mol. The van der Waals surface area contributed by atoms with Crippen LogP contribution in [0.25, 0.3) is 77.9 Å². The molecule has 0 saturated heterocycles. The molecular weight excluding hydrogens is 1100 g/mol. The molecule has 446 valence electrons. The van der Waals surface area contributed by atoms with Gasteiger partial charge in [0, 0.05) is 34.1 Å². The molecule has 91 heavy (non-hydrogen) atoms. The smallest absolute Gasteiger partial charge is 0.252 e. The van der Waals surface area contributed by atoms with E-state index in [0.717, 1.165) is 16.9 Å². The number of anilines is 6. The van der Waals surface area contributed by atoms with Crippen LogP contribution in [0.1, 0.15) is 105 Å². The van der Waals surface area contributed by atoms with Crippen molar-refractivity contribution in [1.82, 2.24) is 0 Å². The Labute approximate surface area is 541 Å². The van der Waals surface area contributed by atoms with E-state index in [1.165, 1.54) is 134 Å². The van der Waals surface area contributed by atoms with Crippen LogP contribution < -0.4 is 26.2 Å². The Morgan fingerprint density at radius 2 is 0.516 bits per heavy atom. The van der Waals surface area contributed by atoms with E-state index in [0.29, 0.717) is 0 Å². The van der Waals surface area contributed by atoms with Gasteiger partial charge in [0.25, 0.3) is 6.71 Å². The second-order valence-corrected chi connectivity index (χ2v) is 29.4. The first kappa shape index (κ1) is 59.0. The molecular formula is C88H81BN2. The molecule has 0 saturated carbocycles. The van der Waals surface area contributed by atoms with Gasteiger partial charge in [-0.2, -0.15) is 0 Å². The lowest BCUT2D eigenvalue weighted by Gasteiger charge is -2.45. The molecule has 0 unspecified atom stereocenters. The number of nitrogens with zero attached hydrogens (tertiary/aromatic N) is 2. The average molecular weight is 1180 g/mol. The third kappa shape index (κ3) is 10.9. The summed E-state index contributed by atoms with van der Waals surface area (Å²) in [6.45, 7) is 28.2. The van der Waals surface area contributed by atoms with Crippen LogP contribution in [0.3, 0.4) is 0 Å². The van der Waals surface area contributed by atoms with E-state index < -0.39 is 0 Å². The highest BCUT2D eigenvalue weighted by Crippen LogP contribution is 2.52. The summed E-state index contributed by atoms with van der Waals surface area (Å²) in [7, 11) is 0. The average Bonchev–Trinajstić information content (AvgIpc) is 0.694. The Kier molecular flexibility index (Phi) is 14.7. The lowest BCUT2D eigenvalue weighted by molar-refractivity contribution is 0.568. The summed E-state index contributed by atoms with van der Waals surface area (Å²) in [5.74, 6) is 0. The van der Waals surface area contributed by atoms with Gasteiger partial charge in [-0.15, -0.1) is 0 Å². The maximum absolute atomic E-state index is 2.67. The van der Waals surface area contributed by atoms with Crippen molar-refractivity contribution in [3.8, 4) is 77.9 Å². The van der Waals surface area contributed by atoms with Gasteiger partial charge in [-0.3, -0.25) is 0 Å². The molecule has 0 aromatic heterocycles. The first-order chi connectivity index (χ1) is 43.7. The molecule has 0 aliphatic carbocycles. The molecule has 0 bridgehead atoms. The number of rotatable bonds is 9. The molecule has 0 amide bonds. The van der Waals surface area contributed by atoms with Gasteiger partial charge in [-0.1, -0.05) is 308 Å². The standard InChI is InChI=1S/C88H81BN2/c1-85(2,3)65-52-66(86(4,5)6)55-69(54-65)90-79-46-44-62(73-40-27-25-38-71(73)58-30-17-13-18-31-58)48-77(79)89-78-49-63(74-41-28-26-39-72(74)59-32-19-14-20-33-59)45-47-80(78)91(70-56-67(87(7,8)9)53-68(57-70)88(10,11)12)82-51-64(50-81(90)84(82)89)83-75(60-34-21-15-22-35-60)42-29-43-76(83)61-36-23-16-24-37-61/h13-57H,1-12H3.